The molecule has 2 fully saturated rings. The van der Waals surface area contributed by atoms with E-state index in [4.69, 9.17) is 4.74 Å². The van der Waals surface area contributed by atoms with Crippen molar-refractivity contribution in [3.05, 3.63) is 15.9 Å². The highest BCUT2D eigenvalue weighted by atomic mass is 79.9. The first-order valence-electron chi connectivity index (χ1n) is 7.94. The molecular weight excluding hydrogens is 332 g/mol. The molecule has 0 aromatic carbocycles. The molecule has 2 aliphatic rings. The van der Waals surface area contributed by atoms with Crippen LogP contribution < -0.4 is 5.32 Å². The Morgan fingerprint density at radius 1 is 1.43 bits per heavy atom. The standard InChI is InChI=1S/C15H25BrN4O/c1-3-13-15(16)14(19(2)18-13)9-20-6-7-21-10-12(20)8-17-11-4-5-11/h11-12,17H,3-10H2,1-2H3. The minimum atomic E-state index is 0.464. The molecule has 0 bridgehead atoms. The van der Waals surface area contributed by atoms with Crippen LogP contribution in [0.15, 0.2) is 4.47 Å². The highest BCUT2D eigenvalue weighted by Crippen LogP contribution is 2.24. The van der Waals surface area contributed by atoms with E-state index in [0.717, 1.165) is 51.0 Å². The van der Waals surface area contributed by atoms with E-state index in [9.17, 15) is 0 Å². The molecule has 1 saturated carbocycles. The number of nitrogens with one attached hydrogen (secondary N) is 1. The Kier molecular flexibility index (Phi) is 4.99. The molecule has 0 radical (unpaired) electrons. The molecule has 1 aliphatic carbocycles. The molecule has 118 valence electrons. The maximum Gasteiger partial charge on any atom is 0.0767 e. The number of aryl methyl sites for hydroxylation is 2. The van der Waals surface area contributed by atoms with Crippen LogP contribution in [0.25, 0.3) is 0 Å². The number of hydrogen-bond donors (Lipinski definition) is 1. The van der Waals surface area contributed by atoms with E-state index in [-0.39, 0.29) is 0 Å². The number of rotatable bonds is 6. The van der Waals surface area contributed by atoms with E-state index in [1.165, 1.54) is 23.0 Å². The van der Waals surface area contributed by atoms with Gasteiger partial charge in [0.05, 0.1) is 29.1 Å². The first kappa shape index (κ1) is 15.5. The van der Waals surface area contributed by atoms with Crippen LogP contribution in [0, 0.1) is 0 Å². The van der Waals surface area contributed by atoms with Gasteiger partial charge in [-0.05, 0) is 35.2 Å². The third kappa shape index (κ3) is 3.67. The fourth-order valence-corrected chi connectivity index (χ4v) is 3.60. The van der Waals surface area contributed by atoms with Gasteiger partial charge in [-0.3, -0.25) is 9.58 Å². The summed E-state index contributed by atoms with van der Waals surface area (Å²) in [6.07, 6.45) is 3.63. The van der Waals surface area contributed by atoms with Crippen LogP contribution in [0.2, 0.25) is 0 Å². The van der Waals surface area contributed by atoms with E-state index < -0.39 is 0 Å². The fourth-order valence-electron chi connectivity index (χ4n) is 2.86. The van der Waals surface area contributed by atoms with Gasteiger partial charge in [-0.2, -0.15) is 5.10 Å². The second-order valence-electron chi connectivity index (χ2n) is 6.07. The van der Waals surface area contributed by atoms with E-state index in [1.807, 2.05) is 11.7 Å². The van der Waals surface area contributed by atoms with Crippen molar-refractivity contribution < 1.29 is 4.74 Å². The average molecular weight is 357 g/mol. The molecular formula is C15H25BrN4O. The van der Waals surface area contributed by atoms with Crippen LogP contribution in [-0.2, 0) is 24.8 Å². The Morgan fingerprint density at radius 2 is 2.24 bits per heavy atom. The zero-order valence-electron chi connectivity index (χ0n) is 12.9. The molecule has 3 rings (SSSR count). The molecule has 21 heavy (non-hydrogen) atoms. The van der Waals surface area contributed by atoms with Gasteiger partial charge in [0.25, 0.3) is 0 Å². The smallest absolute Gasteiger partial charge is 0.0767 e. The van der Waals surface area contributed by atoms with E-state index in [1.54, 1.807) is 0 Å². The normalized spacial score (nSPS) is 23.7. The average Bonchev–Trinajstić information content (AvgIpc) is 3.28. The Labute approximate surface area is 135 Å². The zero-order chi connectivity index (χ0) is 14.8. The van der Waals surface area contributed by atoms with Crippen LogP contribution in [-0.4, -0.2) is 53.1 Å². The molecule has 1 aromatic rings. The summed E-state index contributed by atoms with van der Waals surface area (Å²) in [6, 6.07) is 1.22. The van der Waals surface area contributed by atoms with Crippen molar-refractivity contribution in [2.45, 2.75) is 44.8 Å². The number of nitrogens with zero attached hydrogens (tertiary/aromatic N) is 3. The summed E-state index contributed by atoms with van der Waals surface area (Å²) in [4.78, 5) is 2.53. The second-order valence-corrected chi connectivity index (χ2v) is 6.86. The summed E-state index contributed by atoms with van der Waals surface area (Å²) in [5, 5.41) is 8.23. The third-order valence-corrected chi connectivity index (χ3v) is 5.34. The lowest BCUT2D eigenvalue weighted by atomic mass is 10.2. The van der Waals surface area contributed by atoms with E-state index in [0.29, 0.717) is 6.04 Å². The number of aromatic nitrogens is 2. The Hall–Kier alpha value is -0.430. The summed E-state index contributed by atoms with van der Waals surface area (Å²) in [5.41, 5.74) is 2.42. The summed E-state index contributed by atoms with van der Waals surface area (Å²) >= 11 is 3.72. The lowest BCUT2D eigenvalue weighted by molar-refractivity contribution is -0.0121. The van der Waals surface area contributed by atoms with Gasteiger partial charge in [-0.25, -0.2) is 0 Å². The maximum atomic E-state index is 5.67. The largest absolute Gasteiger partial charge is 0.378 e. The van der Waals surface area contributed by atoms with Gasteiger partial charge in [0.15, 0.2) is 0 Å². The Balaban J connectivity index is 1.67. The van der Waals surface area contributed by atoms with Crippen molar-refractivity contribution in [3.8, 4) is 0 Å². The number of morpholine rings is 1. The van der Waals surface area contributed by atoms with Crippen LogP contribution in [0.3, 0.4) is 0 Å². The number of halogens is 1. The molecule has 0 amide bonds. The first-order valence-corrected chi connectivity index (χ1v) is 8.73. The number of ether oxygens (including phenoxy) is 1. The minimum absolute atomic E-state index is 0.464. The molecule has 1 saturated heterocycles. The van der Waals surface area contributed by atoms with Gasteiger partial charge in [-0.1, -0.05) is 6.92 Å². The van der Waals surface area contributed by atoms with Crippen molar-refractivity contribution >= 4 is 15.9 Å². The monoisotopic (exact) mass is 356 g/mol. The van der Waals surface area contributed by atoms with E-state index in [2.05, 4.69) is 38.2 Å². The van der Waals surface area contributed by atoms with Gasteiger partial charge in [0.1, 0.15) is 0 Å². The van der Waals surface area contributed by atoms with Crippen LogP contribution in [0.5, 0.6) is 0 Å². The first-order chi connectivity index (χ1) is 10.2. The zero-order valence-corrected chi connectivity index (χ0v) is 14.5. The van der Waals surface area contributed by atoms with Crippen LogP contribution in [0.1, 0.15) is 31.2 Å². The molecule has 1 aliphatic heterocycles. The van der Waals surface area contributed by atoms with Crippen LogP contribution >= 0.6 is 15.9 Å². The third-order valence-electron chi connectivity index (χ3n) is 4.42. The topological polar surface area (TPSA) is 42.3 Å². The van der Waals surface area contributed by atoms with Crippen molar-refractivity contribution in [1.29, 1.82) is 0 Å². The van der Waals surface area contributed by atoms with E-state index >= 15 is 0 Å². The molecule has 0 spiro atoms. The Morgan fingerprint density at radius 3 is 2.90 bits per heavy atom. The minimum Gasteiger partial charge on any atom is -0.378 e. The summed E-state index contributed by atoms with van der Waals surface area (Å²) in [5.74, 6) is 0. The lowest BCUT2D eigenvalue weighted by Gasteiger charge is -2.35. The van der Waals surface area contributed by atoms with Crippen molar-refractivity contribution in [2.75, 3.05) is 26.3 Å². The molecule has 2 heterocycles. The van der Waals surface area contributed by atoms with Crippen molar-refractivity contribution in [2.24, 2.45) is 7.05 Å². The number of hydrogen-bond acceptors (Lipinski definition) is 4. The van der Waals surface area contributed by atoms with Crippen molar-refractivity contribution in [3.63, 3.8) is 0 Å². The lowest BCUT2D eigenvalue weighted by Crippen LogP contribution is -2.50. The molecule has 1 aromatic heterocycles. The SMILES string of the molecule is CCc1nn(C)c(CN2CCOCC2CNC2CC2)c1Br. The van der Waals surface area contributed by atoms with Gasteiger partial charge in [0.2, 0.25) is 0 Å². The maximum absolute atomic E-state index is 5.67. The van der Waals surface area contributed by atoms with Crippen LogP contribution in [0.4, 0.5) is 0 Å². The summed E-state index contributed by atoms with van der Waals surface area (Å²) < 4.78 is 8.87. The fraction of sp³-hybridized carbons (Fsp3) is 0.800. The summed E-state index contributed by atoms with van der Waals surface area (Å²) in [7, 11) is 2.04. The highest BCUT2D eigenvalue weighted by molar-refractivity contribution is 9.10. The van der Waals surface area contributed by atoms with Gasteiger partial charge in [0, 0.05) is 38.8 Å². The molecule has 1 N–H and O–H groups in total. The molecule has 1 unspecified atom stereocenters. The highest BCUT2D eigenvalue weighted by Gasteiger charge is 2.28. The predicted molar refractivity (Wildman–Crippen MR) is 86.3 cm³/mol. The van der Waals surface area contributed by atoms with Gasteiger partial charge >= 0.3 is 0 Å². The van der Waals surface area contributed by atoms with Gasteiger partial charge < -0.3 is 10.1 Å². The quantitative estimate of drug-likeness (QED) is 0.842. The van der Waals surface area contributed by atoms with Gasteiger partial charge in [-0.15, -0.1) is 0 Å². The molecule has 5 nitrogen and oxygen atoms in total. The van der Waals surface area contributed by atoms with Crippen molar-refractivity contribution in [1.82, 2.24) is 20.0 Å². The molecule has 6 heteroatoms. The molecule has 1 atom stereocenters. The summed E-state index contributed by atoms with van der Waals surface area (Å²) in [6.45, 7) is 6.77. The Bertz CT molecular complexity index is 486. The predicted octanol–water partition coefficient (Wildman–Crippen LogP) is 1.70. The second kappa shape index (κ2) is 6.77.